The van der Waals surface area contributed by atoms with Gasteiger partial charge in [-0.3, -0.25) is 4.79 Å². The molecule has 0 aliphatic carbocycles. The Hall–Kier alpha value is -0.880. The molecule has 0 saturated carbocycles. The van der Waals surface area contributed by atoms with Crippen molar-refractivity contribution in [2.45, 2.75) is 11.9 Å². The second-order valence-corrected chi connectivity index (χ2v) is 3.79. The summed E-state index contributed by atoms with van der Waals surface area (Å²) in [7, 11) is 0. The van der Waals surface area contributed by atoms with Gasteiger partial charge in [-0.25, -0.2) is 4.98 Å². The van der Waals surface area contributed by atoms with Crippen LogP contribution in [0.25, 0.3) is 0 Å². The lowest BCUT2D eigenvalue weighted by atomic mass is 10.6. The van der Waals surface area contributed by atoms with Gasteiger partial charge in [0, 0.05) is 6.07 Å². The third-order valence-corrected chi connectivity index (χ3v) is 2.30. The molecule has 0 aliphatic rings. The number of aromatic nitrogens is 2. The van der Waals surface area contributed by atoms with Gasteiger partial charge in [0.2, 0.25) is 0 Å². The standard InChI is InChI=1S/C7H8N2O2S2/c1-4-8-5(12)2-6(9-4)13-3-7(10)11/h2H,3H2,1H3,(H,10,11)(H,8,9,12). The fraction of sp³-hybridized carbons (Fsp3) is 0.286. The molecule has 70 valence electrons. The van der Waals surface area contributed by atoms with Crippen molar-refractivity contribution in [2.24, 2.45) is 0 Å². The van der Waals surface area contributed by atoms with E-state index in [1.165, 1.54) is 0 Å². The lowest BCUT2D eigenvalue weighted by Crippen LogP contribution is -1.99. The molecule has 1 aromatic heterocycles. The summed E-state index contributed by atoms with van der Waals surface area (Å²) in [6.45, 7) is 1.78. The van der Waals surface area contributed by atoms with Gasteiger partial charge in [-0.2, -0.15) is 0 Å². The lowest BCUT2D eigenvalue weighted by molar-refractivity contribution is -0.133. The zero-order valence-corrected chi connectivity index (χ0v) is 8.54. The Morgan fingerprint density at radius 3 is 3.08 bits per heavy atom. The minimum atomic E-state index is -0.858. The van der Waals surface area contributed by atoms with Crippen LogP contribution in [0.3, 0.4) is 0 Å². The summed E-state index contributed by atoms with van der Waals surface area (Å²) < 4.78 is 0.570. The summed E-state index contributed by atoms with van der Waals surface area (Å²) in [4.78, 5) is 17.2. The van der Waals surface area contributed by atoms with E-state index in [0.29, 0.717) is 15.5 Å². The summed E-state index contributed by atoms with van der Waals surface area (Å²) in [6, 6.07) is 1.65. The van der Waals surface area contributed by atoms with E-state index in [0.717, 1.165) is 11.8 Å². The molecule has 1 heterocycles. The van der Waals surface area contributed by atoms with Crippen LogP contribution in [0.1, 0.15) is 5.82 Å². The first-order valence-corrected chi connectivity index (χ1v) is 4.90. The summed E-state index contributed by atoms with van der Waals surface area (Å²) in [5.74, 6) is -0.158. The molecule has 0 unspecified atom stereocenters. The smallest absolute Gasteiger partial charge is 0.313 e. The summed E-state index contributed by atoms with van der Waals surface area (Å²) in [5, 5.41) is 9.07. The largest absolute Gasteiger partial charge is 0.481 e. The van der Waals surface area contributed by atoms with E-state index in [1.54, 1.807) is 13.0 Å². The number of nitrogens with one attached hydrogen (secondary N) is 1. The molecule has 4 nitrogen and oxygen atoms in total. The summed E-state index contributed by atoms with van der Waals surface area (Å²) in [6.07, 6.45) is 0. The van der Waals surface area contributed by atoms with Crippen molar-refractivity contribution < 1.29 is 9.90 Å². The van der Waals surface area contributed by atoms with Crippen molar-refractivity contribution in [3.05, 3.63) is 16.5 Å². The molecular weight excluding hydrogens is 208 g/mol. The van der Waals surface area contributed by atoms with E-state index in [9.17, 15) is 4.79 Å². The molecule has 0 atom stereocenters. The Morgan fingerprint density at radius 2 is 2.54 bits per heavy atom. The van der Waals surface area contributed by atoms with Crippen molar-refractivity contribution in [1.29, 1.82) is 0 Å². The van der Waals surface area contributed by atoms with Gasteiger partial charge in [0.1, 0.15) is 15.5 Å². The van der Waals surface area contributed by atoms with Gasteiger partial charge in [-0.15, -0.1) is 0 Å². The maximum atomic E-state index is 10.3. The fourth-order valence-electron chi connectivity index (χ4n) is 0.762. The van der Waals surface area contributed by atoms with Crippen LogP contribution in [0.5, 0.6) is 0 Å². The van der Waals surface area contributed by atoms with Crippen molar-refractivity contribution in [3.63, 3.8) is 0 Å². The van der Waals surface area contributed by atoms with E-state index in [-0.39, 0.29) is 5.75 Å². The van der Waals surface area contributed by atoms with Crippen LogP contribution in [-0.4, -0.2) is 26.8 Å². The van der Waals surface area contributed by atoms with E-state index in [4.69, 9.17) is 17.3 Å². The molecule has 1 aromatic rings. The number of carbonyl (C=O) groups is 1. The Bertz CT molecular complexity index is 375. The fourth-order valence-corrected chi connectivity index (χ4v) is 1.77. The Morgan fingerprint density at radius 1 is 1.85 bits per heavy atom. The number of H-pyrrole nitrogens is 1. The van der Waals surface area contributed by atoms with E-state index >= 15 is 0 Å². The molecule has 0 fully saturated rings. The monoisotopic (exact) mass is 216 g/mol. The molecule has 0 aromatic carbocycles. The first-order chi connectivity index (χ1) is 6.08. The Kier molecular flexibility index (Phi) is 3.44. The molecule has 6 heteroatoms. The number of aryl methyl sites for hydroxylation is 1. The second-order valence-electron chi connectivity index (χ2n) is 2.35. The van der Waals surface area contributed by atoms with Gasteiger partial charge >= 0.3 is 5.97 Å². The average molecular weight is 216 g/mol. The predicted molar refractivity (Wildman–Crippen MR) is 52.5 cm³/mol. The van der Waals surface area contributed by atoms with Gasteiger partial charge in [0.25, 0.3) is 0 Å². The number of thioether (sulfide) groups is 1. The molecule has 13 heavy (non-hydrogen) atoms. The molecule has 0 aliphatic heterocycles. The third-order valence-electron chi connectivity index (χ3n) is 1.18. The highest BCUT2D eigenvalue weighted by atomic mass is 32.2. The highest BCUT2D eigenvalue weighted by molar-refractivity contribution is 7.99. The minimum Gasteiger partial charge on any atom is -0.481 e. The van der Waals surface area contributed by atoms with Crippen LogP contribution >= 0.6 is 24.0 Å². The molecule has 0 bridgehead atoms. The van der Waals surface area contributed by atoms with Crippen LogP contribution in [-0.2, 0) is 4.79 Å². The predicted octanol–water partition coefficient (Wildman–Crippen LogP) is 1.62. The highest BCUT2D eigenvalue weighted by Gasteiger charge is 2.01. The summed E-state index contributed by atoms with van der Waals surface area (Å²) >= 11 is 6.07. The first kappa shape index (κ1) is 10.2. The van der Waals surface area contributed by atoms with E-state index in [1.807, 2.05) is 0 Å². The number of aromatic amines is 1. The highest BCUT2D eigenvalue weighted by Crippen LogP contribution is 2.14. The molecule has 0 radical (unpaired) electrons. The zero-order valence-electron chi connectivity index (χ0n) is 6.90. The molecular formula is C7H8N2O2S2. The number of aliphatic carboxylic acids is 1. The number of hydrogen-bond donors (Lipinski definition) is 2. The van der Waals surface area contributed by atoms with Gasteiger partial charge in [-0.05, 0) is 6.92 Å². The maximum Gasteiger partial charge on any atom is 0.313 e. The Labute approximate surface area is 84.4 Å². The van der Waals surface area contributed by atoms with E-state index in [2.05, 4.69) is 9.97 Å². The van der Waals surface area contributed by atoms with Gasteiger partial charge in [0.05, 0.1) is 5.75 Å². The van der Waals surface area contributed by atoms with Crippen molar-refractivity contribution in [2.75, 3.05) is 5.75 Å². The van der Waals surface area contributed by atoms with Gasteiger partial charge in [-0.1, -0.05) is 24.0 Å². The average Bonchev–Trinajstić information content (AvgIpc) is 1.99. The van der Waals surface area contributed by atoms with Crippen LogP contribution in [0, 0.1) is 11.6 Å². The molecule has 1 rings (SSSR count). The number of carboxylic acids is 1. The molecule has 0 spiro atoms. The quantitative estimate of drug-likeness (QED) is 0.456. The summed E-state index contributed by atoms with van der Waals surface area (Å²) in [5.41, 5.74) is 0. The first-order valence-electron chi connectivity index (χ1n) is 3.50. The van der Waals surface area contributed by atoms with Crippen LogP contribution in [0.2, 0.25) is 0 Å². The zero-order chi connectivity index (χ0) is 9.84. The van der Waals surface area contributed by atoms with Crippen molar-refractivity contribution in [1.82, 2.24) is 9.97 Å². The molecule has 2 N–H and O–H groups in total. The number of rotatable bonds is 3. The third kappa shape index (κ3) is 3.56. The Balaban J connectivity index is 2.77. The topological polar surface area (TPSA) is 66.0 Å². The van der Waals surface area contributed by atoms with Gasteiger partial charge in [0.15, 0.2) is 0 Å². The van der Waals surface area contributed by atoms with Crippen LogP contribution < -0.4 is 0 Å². The number of carboxylic acid groups (broad SMARTS) is 1. The normalized spacial score (nSPS) is 9.92. The second kappa shape index (κ2) is 4.38. The van der Waals surface area contributed by atoms with Gasteiger partial charge < -0.3 is 10.1 Å². The maximum absolute atomic E-state index is 10.3. The van der Waals surface area contributed by atoms with E-state index < -0.39 is 5.97 Å². The van der Waals surface area contributed by atoms with Crippen LogP contribution in [0.15, 0.2) is 11.1 Å². The van der Waals surface area contributed by atoms with Crippen molar-refractivity contribution >= 4 is 29.9 Å². The molecule has 0 amide bonds. The number of nitrogens with zero attached hydrogens (tertiary/aromatic N) is 1. The molecule has 0 saturated heterocycles. The SMILES string of the molecule is Cc1nc(SCC(=O)O)cc(=S)[nH]1. The van der Waals surface area contributed by atoms with Crippen LogP contribution in [0.4, 0.5) is 0 Å². The lowest BCUT2D eigenvalue weighted by Gasteiger charge is -1.98. The minimum absolute atomic E-state index is 0.00519. The van der Waals surface area contributed by atoms with Crippen molar-refractivity contribution in [3.8, 4) is 0 Å². The number of hydrogen-bond acceptors (Lipinski definition) is 4.